The van der Waals surface area contributed by atoms with Crippen molar-refractivity contribution in [3.63, 3.8) is 0 Å². The van der Waals surface area contributed by atoms with Gasteiger partial charge in [-0.15, -0.1) is 0 Å². The molecule has 1 aromatic heterocycles. The lowest BCUT2D eigenvalue weighted by molar-refractivity contribution is 0.146. The fourth-order valence-corrected chi connectivity index (χ4v) is 4.49. The van der Waals surface area contributed by atoms with Gasteiger partial charge in [-0.2, -0.15) is 5.10 Å². The van der Waals surface area contributed by atoms with Gasteiger partial charge in [-0.3, -0.25) is 4.68 Å². The molecule has 3 N–H and O–H groups in total. The summed E-state index contributed by atoms with van der Waals surface area (Å²) in [7, 11) is 0. The summed E-state index contributed by atoms with van der Waals surface area (Å²) in [6.07, 6.45) is 7.17. The van der Waals surface area contributed by atoms with Gasteiger partial charge in [-0.25, -0.2) is 4.79 Å². The lowest BCUT2D eigenvalue weighted by atomic mass is 9.85. The molecule has 2 aliphatic carbocycles. The van der Waals surface area contributed by atoms with Crippen LogP contribution in [0.5, 0.6) is 0 Å². The Hall–Kier alpha value is -2.34. The summed E-state index contributed by atoms with van der Waals surface area (Å²) in [6, 6.07) is 9.61. The van der Waals surface area contributed by atoms with Crippen molar-refractivity contribution in [3.8, 4) is 0 Å². The Bertz CT molecular complexity index is 714. The summed E-state index contributed by atoms with van der Waals surface area (Å²) in [5.41, 5.74) is 1.90. The van der Waals surface area contributed by atoms with E-state index in [-0.39, 0.29) is 24.6 Å². The van der Waals surface area contributed by atoms with Gasteiger partial charge >= 0.3 is 6.03 Å². The van der Waals surface area contributed by atoms with E-state index in [9.17, 15) is 9.90 Å². The predicted molar refractivity (Wildman–Crippen MR) is 95.1 cm³/mol. The molecule has 132 valence electrons. The van der Waals surface area contributed by atoms with Crippen molar-refractivity contribution in [2.24, 2.45) is 17.8 Å². The predicted octanol–water partition coefficient (Wildman–Crippen LogP) is 2.46. The van der Waals surface area contributed by atoms with Crippen LogP contribution in [0.2, 0.25) is 0 Å². The van der Waals surface area contributed by atoms with Crippen LogP contribution in [0.15, 0.2) is 42.7 Å². The number of aliphatic hydroxyl groups is 1. The monoisotopic (exact) mass is 340 g/mol. The number of anilines is 1. The molecule has 0 unspecified atom stereocenters. The van der Waals surface area contributed by atoms with Gasteiger partial charge in [0.15, 0.2) is 0 Å². The number of carbonyl (C=O) groups is 1. The van der Waals surface area contributed by atoms with E-state index in [4.69, 9.17) is 0 Å². The van der Waals surface area contributed by atoms with E-state index in [1.807, 2.05) is 41.2 Å². The average Bonchev–Trinajstić information content (AvgIpc) is 3.34. The number of amides is 2. The molecule has 1 aromatic carbocycles. The molecule has 2 saturated carbocycles. The number of urea groups is 1. The van der Waals surface area contributed by atoms with Gasteiger partial charge in [-0.1, -0.05) is 12.1 Å². The van der Waals surface area contributed by atoms with Gasteiger partial charge < -0.3 is 15.7 Å². The quantitative estimate of drug-likeness (QED) is 0.782. The molecule has 0 aliphatic heterocycles. The van der Waals surface area contributed by atoms with Crippen LogP contribution in [0.3, 0.4) is 0 Å². The molecule has 2 aromatic rings. The van der Waals surface area contributed by atoms with Crippen LogP contribution in [0.1, 0.15) is 24.8 Å². The number of rotatable bonds is 5. The number of hydrogen-bond acceptors (Lipinski definition) is 3. The van der Waals surface area contributed by atoms with Crippen molar-refractivity contribution in [1.29, 1.82) is 0 Å². The number of carbonyl (C=O) groups excluding carboxylic acids is 1. The third kappa shape index (κ3) is 3.39. The Labute approximate surface area is 147 Å². The average molecular weight is 340 g/mol. The minimum Gasteiger partial charge on any atom is -0.396 e. The maximum Gasteiger partial charge on any atom is 0.319 e. The Morgan fingerprint density at radius 1 is 1.24 bits per heavy atom. The van der Waals surface area contributed by atoms with Crippen LogP contribution in [0.4, 0.5) is 10.5 Å². The summed E-state index contributed by atoms with van der Waals surface area (Å²) in [6.45, 7) is 0.872. The number of aliphatic hydroxyl groups excluding tert-OH is 1. The molecule has 0 saturated heterocycles. The van der Waals surface area contributed by atoms with Crippen molar-refractivity contribution in [2.45, 2.75) is 31.8 Å². The Kier molecular flexibility index (Phi) is 4.44. The van der Waals surface area contributed by atoms with Crippen LogP contribution >= 0.6 is 0 Å². The molecular weight excluding hydrogens is 316 g/mol. The summed E-state index contributed by atoms with van der Waals surface area (Å²) in [5, 5.41) is 19.8. The van der Waals surface area contributed by atoms with E-state index >= 15 is 0 Å². The number of hydrogen-bond donors (Lipinski definition) is 3. The van der Waals surface area contributed by atoms with E-state index in [2.05, 4.69) is 15.7 Å². The summed E-state index contributed by atoms with van der Waals surface area (Å²) < 4.78 is 1.86. The molecular formula is C19H24N4O2. The highest BCUT2D eigenvalue weighted by Gasteiger charge is 2.47. The molecule has 6 heteroatoms. The molecule has 0 radical (unpaired) electrons. The van der Waals surface area contributed by atoms with Gasteiger partial charge in [0, 0.05) is 36.6 Å². The van der Waals surface area contributed by atoms with E-state index in [1.165, 1.54) is 6.42 Å². The molecule has 0 spiro atoms. The van der Waals surface area contributed by atoms with Crippen LogP contribution in [0.25, 0.3) is 0 Å². The van der Waals surface area contributed by atoms with Crippen molar-refractivity contribution >= 4 is 11.7 Å². The van der Waals surface area contributed by atoms with Crippen molar-refractivity contribution in [1.82, 2.24) is 15.1 Å². The van der Waals surface area contributed by atoms with Crippen molar-refractivity contribution in [2.75, 3.05) is 11.9 Å². The molecule has 2 aliphatic rings. The van der Waals surface area contributed by atoms with Gasteiger partial charge in [0.1, 0.15) is 0 Å². The molecule has 1 heterocycles. The summed E-state index contributed by atoms with van der Waals surface area (Å²) in [4.78, 5) is 12.3. The first-order valence-electron chi connectivity index (χ1n) is 8.97. The first-order chi connectivity index (χ1) is 12.2. The molecule has 4 atom stereocenters. The molecule has 2 fully saturated rings. The van der Waals surface area contributed by atoms with Crippen LogP contribution in [-0.2, 0) is 6.54 Å². The van der Waals surface area contributed by atoms with Crippen molar-refractivity contribution in [3.05, 3.63) is 48.3 Å². The Balaban J connectivity index is 1.33. The fraction of sp³-hybridized carbons (Fsp3) is 0.474. The normalized spacial score (nSPS) is 27.4. The summed E-state index contributed by atoms with van der Waals surface area (Å²) >= 11 is 0. The smallest absolute Gasteiger partial charge is 0.319 e. The molecule has 6 nitrogen and oxygen atoms in total. The maximum absolute atomic E-state index is 12.3. The highest BCUT2D eigenvalue weighted by molar-refractivity contribution is 5.89. The summed E-state index contributed by atoms with van der Waals surface area (Å²) in [5.74, 6) is 1.30. The van der Waals surface area contributed by atoms with Gasteiger partial charge in [-0.05, 0) is 54.9 Å². The largest absolute Gasteiger partial charge is 0.396 e. The second-order valence-corrected chi connectivity index (χ2v) is 7.20. The second-order valence-electron chi connectivity index (χ2n) is 7.20. The Morgan fingerprint density at radius 3 is 2.76 bits per heavy atom. The number of benzene rings is 1. The SMILES string of the molecule is O=C(Nc1ccc(Cn2cccn2)cc1)N[C@H]1[C@H]2CC[C@@H](C2)[C@@H]1CO. The zero-order valence-electron chi connectivity index (χ0n) is 14.1. The minimum atomic E-state index is -0.184. The van der Waals surface area contributed by atoms with E-state index < -0.39 is 0 Å². The number of fused-ring (bicyclic) bond motifs is 2. The van der Waals surface area contributed by atoms with Crippen molar-refractivity contribution < 1.29 is 9.90 Å². The first kappa shape index (κ1) is 16.1. The molecule has 2 amide bonds. The van der Waals surface area contributed by atoms with Gasteiger partial charge in [0.2, 0.25) is 0 Å². The number of aromatic nitrogens is 2. The highest BCUT2D eigenvalue weighted by Crippen LogP contribution is 2.48. The van der Waals surface area contributed by atoms with E-state index in [0.29, 0.717) is 18.4 Å². The number of nitrogens with one attached hydrogen (secondary N) is 2. The van der Waals surface area contributed by atoms with E-state index in [0.717, 1.165) is 24.1 Å². The molecule has 2 bridgehead atoms. The lowest BCUT2D eigenvalue weighted by Crippen LogP contribution is -2.46. The van der Waals surface area contributed by atoms with Crippen LogP contribution in [0, 0.1) is 17.8 Å². The minimum absolute atomic E-state index is 0.0999. The van der Waals surface area contributed by atoms with Gasteiger partial charge in [0.05, 0.1) is 6.54 Å². The second kappa shape index (κ2) is 6.88. The van der Waals surface area contributed by atoms with E-state index in [1.54, 1.807) is 6.20 Å². The van der Waals surface area contributed by atoms with Gasteiger partial charge in [0.25, 0.3) is 0 Å². The highest BCUT2D eigenvalue weighted by atomic mass is 16.3. The zero-order valence-corrected chi connectivity index (χ0v) is 14.1. The third-order valence-corrected chi connectivity index (χ3v) is 5.71. The topological polar surface area (TPSA) is 79.2 Å². The van der Waals surface area contributed by atoms with Crippen LogP contribution in [-0.4, -0.2) is 33.6 Å². The maximum atomic E-state index is 12.3. The number of nitrogens with zero attached hydrogens (tertiary/aromatic N) is 2. The molecule has 4 rings (SSSR count). The zero-order chi connectivity index (χ0) is 17.2. The fourth-order valence-electron chi connectivity index (χ4n) is 4.49. The van der Waals surface area contributed by atoms with Crippen LogP contribution < -0.4 is 10.6 Å². The Morgan fingerprint density at radius 2 is 2.04 bits per heavy atom. The lowest BCUT2D eigenvalue weighted by Gasteiger charge is -2.30. The third-order valence-electron chi connectivity index (χ3n) is 5.71. The molecule has 25 heavy (non-hydrogen) atoms. The standard InChI is InChI=1S/C19H24N4O2/c24-12-17-14-4-5-15(10-14)18(17)22-19(25)21-16-6-2-13(3-7-16)11-23-9-1-8-20-23/h1-3,6-9,14-15,17-18,24H,4-5,10-12H2,(H2,21,22,25)/t14-,15-,17-,18-/m0/s1. The first-order valence-corrected chi connectivity index (χ1v) is 8.97.